The van der Waals surface area contributed by atoms with E-state index in [2.05, 4.69) is 38.1 Å². The Morgan fingerprint density at radius 1 is 1.15 bits per heavy atom. The molecule has 0 radical (unpaired) electrons. The van der Waals surface area contributed by atoms with E-state index in [0.717, 1.165) is 48.2 Å². The Hall–Kier alpha value is -2.59. The summed E-state index contributed by atoms with van der Waals surface area (Å²) in [6.45, 7) is 6.79. The van der Waals surface area contributed by atoms with Crippen LogP contribution in [0.25, 0.3) is 11.0 Å². The van der Waals surface area contributed by atoms with E-state index in [1.807, 2.05) is 18.2 Å². The smallest absolute Gasteiger partial charge is 0.336 e. The van der Waals surface area contributed by atoms with Crippen LogP contribution in [0.2, 0.25) is 0 Å². The van der Waals surface area contributed by atoms with E-state index >= 15 is 0 Å². The van der Waals surface area contributed by atoms with Crippen LogP contribution in [0.15, 0.2) is 57.7 Å². The fourth-order valence-corrected chi connectivity index (χ4v) is 4.05. The highest BCUT2D eigenvalue weighted by molar-refractivity contribution is 5.85. The van der Waals surface area contributed by atoms with E-state index in [0.29, 0.717) is 18.2 Å². The molecule has 27 heavy (non-hydrogen) atoms. The van der Waals surface area contributed by atoms with E-state index in [-0.39, 0.29) is 5.63 Å². The monoisotopic (exact) mass is 364 g/mol. The van der Waals surface area contributed by atoms with E-state index in [1.54, 1.807) is 6.07 Å². The average Bonchev–Trinajstić information content (AvgIpc) is 2.68. The lowest BCUT2D eigenvalue weighted by atomic mass is 9.99. The van der Waals surface area contributed by atoms with Crippen molar-refractivity contribution in [2.45, 2.75) is 39.2 Å². The Kier molecular flexibility index (Phi) is 4.99. The number of benzene rings is 2. The quantitative estimate of drug-likeness (QED) is 0.707. The van der Waals surface area contributed by atoms with Crippen LogP contribution in [0.3, 0.4) is 0 Å². The largest absolute Gasteiger partial charge is 0.445 e. The van der Waals surface area contributed by atoms with Gasteiger partial charge in [0.1, 0.15) is 12.3 Å². The van der Waals surface area contributed by atoms with Gasteiger partial charge in [-0.15, -0.1) is 0 Å². The van der Waals surface area contributed by atoms with Crippen LogP contribution < -0.4 is 15.3 Å². The van der Waals surface area contributed by atoms with Gasteiger partial charge >= 0.3 is 5.63 Å². The van der Waals surface area contributed by atoms with Gasteiger partial charge in [-0.2, -0.15) is 0 Å². The Morgan fingerprint density at radius 2 is 1.96 bits per heavy atom. The van der Waals surface area contributed by atoms with Crippen molar-refractivity contribution in [3.63, 3.8) is 0 Å². The van der Waals surface area contributed by atoms with Gasteiger partial charge in [-0.25, -0.2) is 4.79 Å². The Bertz CT molecular complexity index is 994. The van der Waals surface area contributed by atoms with Crippen molar-refractivity contribution in [1.29, 1.82) is 0 Å². The maximum atomic E-state index is 12.1. The highest BCUT2D eigenvalue weighted by atomic mass is 16.5. The van der Waals surface area contributed by atoms with Crippen molar-refractivity contribution in [3.05, 3.63) is 75.6 Å². The summed E-state index contributed by atoms with van der Waals surface area (Å²) in [4.78, 5) is 13.4. The second kappa shape index (κ2) is 7.57. The fraction of sp³-hybridized carbons (Fsp3) is 0.348. The first kappa shape index (κ1) is 17.8. The van der Waals surface area contributed by atoms with Crippen LogP contribution in [-0.4, -0.2) is 13.3 Å². The third-order valence-corrected chi connectivity index (χ3v) is 5.40. The van der Waals surface area contributed by atoms with E-state index < -0.39 is 0 Å². The molecular weight excluding hydrogens is 338 g/mol. The maximum Gasteiger partial charge on any atom is 0.336 e. The molecular formula is C23H26NO3+. The number of aryl methyl sites for hydroxylation is 1. The molecule has 1 N–H and O–H groups in total. The number of rotatable bonds is 5. The molecule has 2 aromatic carbocycles. The van der Waals surface area contributed by atoms with Crippen LogP contribution in [0.1, 0.15) is 42.9 Å². The summed E-state index contributed by atoms with van der Waals surface area (Å²) in [5, 5.41) is 1.04. The molecule has 140 valence electrons. The highest BCUT2D eigenvalue weighted by Crippen LogP contribution is 2.30. The molecule has 4 heteroatoms. The molecule has 0 spiro atoms. The van der Waals surface area contributed by atoms with Crippen molar-refractivity contribution < 1.29 is 14.1 Å². The standard InChI is InChI=1S/C23H25NO3/c1-3-7-18-12-22(25)27-23-19(18)10-11-21-20(23)14-24(15-26-21)13-16(2)17-8-5-4-6-9-17/h4-6,8-12,16H,3,7,13-15H2,1-2H3/p+1/t16-/m1/s1. The lowest BCUT2D eigenvalue weighted by molar-refractivity contribution is -0.933. The van der Waals surface area contributed by atoms with Crippen molar-refractivity contribution in [3.8, 4) is 5.75 Å². The Balaban J connectivity index is 1.65. The molecule has 0 amide bonds. The van der Waals surface area contributed by atoms with Gasteiger partial charge in [0.15, 0.2) is 5.58 Å². The maximum absolute atomic E-state index is 12.1. The van der Waals surface area contributed by atoms with E-state index in [4.69, 9.17) is 9.15 Å². The molecule has 0 saturated heterocycles. The van der Waals surface area contributed by atoms with E-state index in [1.165, 1.54) is 10.5 Å². The topological polar surface area (TPSA) is 43.9 Å². The number of hydrogen-bond donors (Lipinski definition) is 1. The predicted molar refractivity (Wildman–Crippen MR) is 106 cm³/mol. The molecule has 0 bridgehead atoms. The third kappa shape index (κ3) is 3.62. The van der Waals surface area contributed by atoms with Crippen molar-refractivity contribution in [2.75, 3.05) is 13.3 Å². The first-order valence-corrected chi connectivity index (χ1v) is 9.75. The fourth-order valence-electron chi connectivity index (χ4n) is 4.05. The zero-order chi connectivity index (χ0) is 18.8. The van der Waals surface area contributed by atoms with E-state index in [9.17, 15) is 4.79 Å². The summed E-state index contributed by atoms with van der Waals surface area (Å²) in [6, 6.07) is 16.2. The first-order chi connectivity index (χ1) is 13.2. The predicted octanol–water partition coefficient (Wildman–Crippen LogP) is 3.28. The summed E-state index contributed by atoms with van der Waals surface area (Å²) in [5.74, 6) is 1.28. The van der Waals surface area contributed by atoms with Gasteiger partial charge in [0.2, 0.25) is 6.73 Å². The summed E-state index contributed by atoms with van der Waals surface area (Å²) < 4.78 is 11.7. The first-order valence-electron chi connectivity index (χ1n) is 9.75. The lowest BCUT2D eigenvalue weighted by Crippen LogP contribution is -3.12. The molecule has 0 aliphatic carbocycles. The van der Waals surface area contributed by atoms with Crippen LogP contribution in [-0.2, 0) is 13.0 Å². The van der Waals surface area contributed by atoms with Gasteiger partial charge in [-0.1, -0.05) is 50.6 Å². The van der Waals surface area contributed by atoms with Gasteiger partial charge in [-0.3, -0.25) is 4.90 Å². The van der Waals surface area contributed by atoms with Crippen molar-refractivity contribution >= 4 is 11.0 Å². The summed E-state index contributed by atoms with van der Waals surface area (Å²) >= 11 is 0. The number of fused-ring (bicyclic) bond motifs is 3. The number of nitrogens with one attached hydrogen (secondary N) is 1. The average molecular weight is 364 g/mol. The lowest BCUT2D eigenvalue weighted by Gasteiger charge is -2.28. The van der Waals surface area contributed by atoms with Gasteiger partial charge in [-0.05, 0) is 29.7 Å². The molecule has 0 fully saturated rings. The molecule has 1 aliphatic rings. The minimum atomic E-state index is -0.274. The van der Waals surface area contributed by atoms with Gasteiger partial charge < -0.3 is 9.15 Å². The van der Waals surface area contributed by atoms with Crippen LogP contribution in [0.4, 0.5) is 0 Å². The molecule has 2 atom stereocenters. The summed E-state index contributed by atoms with van der Waals surface area (Å²) in [7, 11) is 0. The normalized spacial score (nSPS) is 17.3. The molecule has 2 heterocycles. The molecule has 1 aromatic heterocycles. The number of hydrogen-bond acceptors (Lipinski definition) is 3. The SMILES string of the molecule is CCCc1cc(=O)oc2c3c(ccc12)OC[NH+](C[C@@H](C)c1ccccc1)C3. The van der Waals surface area contributed by atoms with Gasteiger partial charge in [0.25, 0.3) is 0 Å². The molecule has 1 aliphatic heterocycles. The van der Waals surface area contributed by atoms with Crippen LogP contribution in [0.5, 0.6) is 5.75 Å². The molecule has 1 unspecified atom stereocenters. The zero-order valence-electron chi connectivity index (χ0n) is 16.0. The van der Waals surface area contributed by atoms with Crippen molar-refractivity contribution in [1.82, 2.24) is 0 Å². The second-order valence-electron chi connectivity index (χ2n) is 7.49. The number of ether oxygens (including phenoxy) is 1. The van der Waals surface area contributed by atoms with Crippen LogP contribution >= 0.6 is 0 Å². The van der Waals surface area contributed by atoms with Gasteiger partial charge in [0, 0.05) is 17.4 Å². The number of quaternary nitrogens is 1. The molecule has 4 rings (SSSR count). The zero-order valence-corrected chi connectivity index (χ0v) is 16.0. The third-order valence-electron chi connectivity index (χ3n) is 5.40. The minimum Gasteiger partial charge on any atom is -0.445 e. The molecule has 3 aromatic rings. The summed E-state index contributed by atoms with van der Waals surface area (Å²) in [5.41, 5.74) is 3.85. The van der Waals surface area contributed by atoms with Crippen molar-refractivity contribution in [2.24, 2.45) is 0 Å². The van der Waals surface area contributed by atoms with Gasteiger partial charge in [0.05, 0.1) is 12.1 Å². The molecule has 4 nitrogen and oxygen atoms in total. The second-order valence-corrected chi connectivity index (χ2v) is 7.49. The molecule has 0 saturated carbocycles. The minimum absolute atomic E-state index is 0.274. The van der Waals surface area contributed by atoms with Crippen LogP contribution in [0, 0.1) is 0 Å². The Morgan fingerprint density at radius 3 is 2.74 bits per heavy atom. The summed E-state index contributed by atoms with van der Waals surface area (Å²) in [6.07, 6.45) is 1.88. The highest BCUT2D eigenvalue weighted by Gasteiger charge is 2.26. The Labute approximate surface area is 159 Å².